The van der Waals surface area contributed by atoms with Gasteiger partial charge in [-0.15, -0.1) is 11.8 Å². The summed E-state index contributed by atoms with van der Waals surface area (Å²) in [5, 5.41) is 9.10. The van der Waals surface area contributed by atoms with Gasteiger partial charge in [0.1, 0.15) is 5.75 Å². The number of hydrogen-bond donors (Lipinski definition) is 3. The number of amides is 1. The van der Waals surface area contributed by atoms with Crippen LogP contribution in [0.25, 0.3) is 0 Å². The van der Waals surface area contributed by atoms with Crippen molar-refractivity contribution in [3.63, 3.8) is 0 Å². The highest BCUT2D eigenvalue weighted by Crippen LogP contribution is 2.21. The summed E-state index contributed by atoms with van der Waals surface area (Å²) in [7, 11) is 0. The largest absolute Gasteiger partial charge is 0.508 e. The molecule has 1 aromatic carbocycles. The number of nitrogens with one attached hydrogen (secondary N) is 1. The summed E-state index contributed by atoms with van der Waals surface area (Å²) < 4.78 is 0. The van der Waals surface area contributed by atoms with E-state index >= 15 is 0 Å². The van der Waals surface area contributed by atoms with Crippen molar-refractivity contribution in [2.24, 2.45) is 5.84 Å². The fourth-order valence-electron chi connectivity index (χ4n) is 0.764. The summed E-state index contributed by atoms with van der Waals surface area (Å²) in [5.74, 6) is 5.10. The van der Waals surface area contributed by atoms with Crippen LogP contribution in [0.3, 0.4) is 0 Å². The second kappa shape index (κ2) is 4.74. The van der Waals surface area contributed by atoms with Gasteiger partial charge in [-0.3, -0.25) is 10.2 Å². The SMILES string of the molecule is NNC(=O)CSc1cccc(O)c1. The maximum atomic E-state index is 10.8. The molecule has 70 valence electrons. The first-order chi connectivity index (χ1) is 6.22. The van der Waals surface area contributed by atoms with Crippen molar-refractivity contribution in [1.29, 1.82) is 0 Å². The highest BCUT2D eigenvalue weighted by atomic mass is 32.2. The molecular weight excluding hydrogens is 188 g/mol. The van der Waals surface area contributed by atoms with E-state index in [0.717, 1.165) is 4.90 Å². The molecule has 0 aliphatic rings. The first-order valence-corrected chi connectivity index (χ1v) is 4.62. The van der Waals surface area contributed by atoms with Gasteiger partial charge < -0.3 is 5.11 Å². The van der Waals surface area contributed by atoms with E-state index in [9.17, 15) is 4.79 Å². The summed E-state index contributed by atoms with van der Waals surface area (Å²) in [6.45, 7) is 0. The van der Waals surface area contributed by atoms with Crippen molar-refractivity contribution in [3.05, 3.63) is 24.3 Å². The van der Waals surface area contributed by atoms with Crippen LogP contribution in [0.1, 0.15) is 0 Å². The summed E-state index contributed by atoms with van der Waals surface area (Å²) >= 11 is 1.32. The van der Waals surface area contributed by atoms with Crippen LogP contribution < -0.4 is 11.3 Å². The highest BCUT2D eigenvalue weighted by molar-refractivity contribution is 8.00. The lowest BCUT2D eigenvalue weighted by molar-refractivity contribution is -0.118. The minimum Gasteiger partial charge on any atom is -0.508 e. The van der Waals surface area contributed by atoms with Gasteiger partial charge in [-0.25, -0.2) is 5.84 Å². The quantitative estimate of drug-likeness (QED) is 0.286. The van der Waals surface area contributed by atoms with E-state index in [0.29, 0.717) is 0 Å². The lowest BCUT2D eigenvalue weighted by Gasteiger charge is -2.00. The third kappa shape index (κ3) is 3.35. The molecule has 13 heavy (non-hydrogen) atoms. The molecule has 0 saturated carbocycles. The number of rotatable bonds is 3. The zero-order valence-electron chi connectivity index (χ0n) is 6.86. The minimum atomic E-state index is -0.242. The van der Waals surface area contributed by atoms with Crippen molar-refractivity contribution in [3.8, 4) is 5.75 Å². The standard InChI is InChI=1S/C8H10N2O2S/c9-10-8(12)5-13-7-3-1-2-6(11)4-7/h1-4,11H,5,9H2,(H,10,12). The van der Waals surface area contributed by atoms with E-state index in [2.05, 4.69) is 0 Å². The molecule has 1 aromatic rings. The number of phenols is 1. The van der Waals surface area contributed by atoms with Crippen molar-refractivity contribution in [1.82, 2.24) is 5.43 Å². The summed E-state index contributed by atoms with van der Waals surface area (Å²) in [4.78, 5) is 11.6. The summed E-state index contributed by atoms with van der Waals surface area (Å²) in [6, 6.07) is 6.70. The molecule has 0 fully saturated rings. The smallest absolute Gasteiger partial charge is 0.244 e. The van der Waals surface area contributed by atoms with Gasteiger partial charge in [-0.1, -0.05) is 6.07 Å². The molecule has 0 unspecified atom stereocenters. The number of hydrazine groups is 1. The monoisotopic (exact) mass is 198 g/mol. The van der Waals surface area contributed by atoms with Gasteiger partial charge in [0, 0.05) is 4.90 Å². The molecule has 4 nitrogen and oxygen atoms in total. The number of carbonyl (C=O) groups excluding carboxylic acids is 1. The molecule has 0 aliphatic heterocycles. The summed E-state index contributed by atoms with van der Waals surface area (Å²) in [6.07, 6.45) is 0. The van der Waals surface area contributed by atoms with Crippen LogP contribution >= 0.6 is 11.8 Å². The molecule has 0 aliphatic carbocycles. The number of phenolic OH excluding ortho intramolecular Hbond substituents is 1. The number of carbonyl (C=O) groups is 1. The Hall–Kier alpha value is -1.20. The van der Waals surface area contributed by atoms with Gasteiger partial charge in [-0.05, 0) is 18.2 Å². The first kappa shape index (κ1) is 9.88. The molecule has 0 aromatic heterocycles. The Morgan fingerprint density at radius 1 is 1.62 bits per heavy atom. The van der Waals surface area contributed by atoms with Crippen LogP contribution in [-0.4, -0.2) is 16.8 Å². The summed E-state index contributed by atoms with van der Waals surface area (Å²) in [5.41, 5.74) is 2.03. The van der Waals surface area contributed by atoms with Gasteiger partial charge in [-0.2, -0.15) is 0 Å². The lowest BCUT2D eigenvalue weighted by Crippen LogP contribution is -2.31. The highest BCUT2D eigenvalue weighted by Gasteiger charge is 2.00. The number of thioether (sulfide) groups is 1. The second-order valence-electron chi connectivity index (χ2n) is 2.35. The molecule has 0 radical (unpaired) electrons. The number of aromatic hydroxyl groups is 1. The van der Waals surface area contributed by atoms with Crippen molar-refractivity contribution >= 4 is 17.7 Å². The molecule has 0 heterocycles. The molecule has 5 heteroatoms. The van der Waals surface area contributed by atoms with Crippen LogP contribution in [0.4, 0.5) is 0 Å². The van der Waals surface area contributed by atoms with Crippen LogP contribution in [0.5, 0.6) is 5.75 Å². The molecule has 0 saturated heterocycles. The number of nitrogens with two attached hydrogens (primary N) is 1. The van der Waals surface area contributed by atoms with Crippen molar-refractivity contribution < 1.29 is 9.90 Å². The zero-order valence-corrected chi connectivity index (χ0v) is 7.67. The van der Waals surface area contributed by atoms with Crippen molar-refractivity contribution in [2.75, 3.05) is 5.75 Å². The van der Waals surface area contributed by atoms with E-state index in [1.165, 1.54) is 11.8 Å². The molecule has 1 rings (SSSR count). The average molecular weight is 198 g/mol. The fourth-order valence-corrected chi connectivity index (χ4v) is 1.52. The Bertz CT molecular complexity index is 304. The van der Waals surface area contributed by atoms with E-state index in [1.807, 2.05) is 11.5 Å². The van der Waals surface area contributed by atoms with E-state index in [1.54, 1.807) is 18.2 Å². The predicted molar refractivity (Wildman–Crippen MR) is 51.2 cm³/mol. The maximum Gasteiger partial charge on any atom is 0.244 e. The number of benzene rings is 1. The van der Waals surface area contributed by atoms with Crippen LogP contribution in [0.2, 0.25) is 0 Å². The molecule has 0 atom stereocenters. The third-order valence-corrected chi connectivity index (χ3v) is 2.34. The van der Waals surface area contributed by atoms with Gasteiger partial charge in [0.15, 0.2) is 0 Å². The Labute approximate surface area is 80.1 Å². The Kier molecular flexibility index (Phi) is 3.60. The first-order valence-electron chi connectivity index (χ1n) is 3.63. The Morgan fingerprint density at radius 2 is 2.38 bits per heavy atom. The lowest BCUT2D eigenvalue weighted by atomic mass is 10.3. The molecule has 0 spiro atoms. The maximum absolute atomic E-state index is 10.8. The topological polar surface area (TPSA) is 75.3 Å². The van der Waals surface area contributed by atoms with E-state index in [4.69, 9.17) is 10.9 Å². The molecule has 0 bridgehead atoms. The normalized spacial score (nSPS) is 9.62. The Morgan fingerprint density at radius 3 is 3.00 bits per heavy atom. The van der Waals surface area contributed by atoms with Crippen molar-refractivity contribution in [2.45, 2.75) is 4.90 Å². The van der Waals surface area contributed by atoms with Gasteiger partial charge in [0.2, 0.25) is 5.91 Å². The predicted octanol–water partition coefficient (Wildman–Crippen LogP) is 0.474. The van der Waals surface area contributed by atoms with E-state index < -0.39 is 0 Å². The van der Waals surface area contributed by atoms with Crippen LogP contribution in [-0.2, 0) is 4.79 Å². The minimum absolute atomic E-state index is 0.193. The molecule has 1 amide bonds. The van der Waals surface area contributed by atoms with Gasteiger partial charge in [0.25, 0.3) is 0 Å². The van der Waals surface area contributed by atoms with Crippen LogP contribution in [0.15, 0.2) is 29.2 Å². The van der Waals surface area contributed by atoms with E-state index in [-0.39, 0.29) is 17.4 Å². The fraction of sp³-hybridized carbons (Fsp3) is 0.125. The third-order valence-electron chi connectivity index (χ3n) is 1.35. The second-order valence-corrected chi connectivity index (χ2v) is 3.40. The van der Waals surface area contributed by atoms with Gasteiger partial charge in [0.05, 0.1) is 5.75 Å². The molecule has 4 N–H and O–H groups in total. The number of hydrogen-bond acceptors (Lipinski definition) is 4. The zero-order chi connectivity index (χ0) is 9.68. The Balaban J connectivity index is 2.50. The van der Waals surface area contributed by atoms with Crippen LogP contribution in [0, 0.1) is 0 Å². The molecular formula is C8H10N2O2S. The van der Waals surface area contributed by atoms with Gasteiger partial charge >= 0.3 is 0 Å². The average Bonchev–Trinajstić information content (AvgIpc) is 2.14.